The van der Waals surface area contributed by atoms with Crippen LogP contribution in [0.5, 0.6) is 5.75 Å². The molecule has 0 radical (unpaired) electrons. The second-order valence-electron chi connectivity index (χ2n) is 8.67. The van der Waals surface area contributed by atoms with Crippen molar-refractivity contribution in [3.63, 3.8) is 0 Å². The normalized spacial score (nSPS) is 23.8. The largest absolute Gasteiger partial charge is 0.479 e. The van der Waals surface area contributed by atoms with Gasteiger partial charge in [-0.05, 0) is 45.4 Å². The first-order valence-corrected chi connectivity index (χ1v) is 12.2. The number of likely N-dealkylation sites (N-methyl/N-ethyl adjacent to an activating group) is 1. The lowest BCUT2D eigenvalue weighted by Crippen LogP contribution is -2.51. The molecule has 2 saturated heterocycles. The highest BCUT2D eigenvalue weighted by atomic mass is 32.2. The number of amides is 2. The minimum Gasteiger partial charge on any atom is -0.479 e. The predicted molar refractivity (Wildman–Crippen MR) is 115 cm³/mol. The predicted octanol–water partition coefficient (Wildman–Crippen LogP) is 0.889. The number of nitrogens with one attached hydrogen (secondary N) is 1. The van der Waals surface area contributed by atoms with Crippen molar-refractivity contribution in [3.8, 4) is 5.75 Å². The molecule has 0 saturated carbocycles. The lowest BCUT2D eigenvalue weighted by Gasteiger charge is -2.37. The fourth-order valence-electron chi connectivity index (χ4n) is 4.39. The summed E-state index contributed by atoms with van der Waals surface area (Å²) in [5.41, 5.74) is 1.03. The molecule has 31 heavy (non-hydrogen) atoms. The van der Waals surface area contributed by atoms with E-state index >= 15 is 0 Å². The maximum Gasteiger partial charge on any atom is 0.265 e. The van der Waals surface area contributed by atoms with E-state index in [0.717, 1.165) is 26.2 Å². The van der Waals surface area contributed by atoms with Crippen LogP contribution < -0.4 is 10.1 Å². The number of aryl methyl sites for hydroxylation is 1. The Kier molecular flexibility index (Phi) is 5.97. The molecule has 2 fully saturated rings. The summed E-state index contributed by atoms with van der Waals surface area (Å²) in [6.45, 7) is 7.17. The average Bonchev–Trinajstić information content (AvgIpc) is 2.74. The van der Waals surface area contributed by atoms with E-state index in [-0.39, 0.29) is 22.6 Å². The molecular weight excluding hydrogens is 420 g/mol. The number of hydrogen-bond donors (Lipinski definition) is 1. The van der Waals surface area contributed by atoms with Crippen molar-refractivity contribution >= 4 is 27.5 Å². The van der Waals surface area contributed by atoms with Crippen molar-refractivity contribution in [2.75, 3.05) is 51.6 Å². The van der Waals surface area contributed by atoms with Crippen molar-refractivity contribution in [2.24, 2.45) is 5.92 Å². The lowest BCUT2D eigenvalue weighted by atomic mass is 9.96. The van der Waals surface area contributed by atoms with Gasteiger partial charge in [-0.1, -0.05) is 0 Å². The second-order valence-corrected chi connectivity index (χ2v) is 10.6. The van der Waals surface area contributed by atoms with Gasteiger partial charge in [0.25, 0.3) is 5.91 Å². The van der Waals surface area contributed by atoms with E-state index in [1.165, 1.54) is 10.4 Å². The van der Waals surface area contributed by atoms with Gasteiger partial charge >= 0.3 is 0 Å². The summed E-state index contributed by atoms with van der Waals surface area (Å²) in [6, 6.07) is 3.13. The van der Waals surface area contributed by atoms with Gasteiger partial charge in [-0.3, -0.25) is 9.59 Å². The number of piperazine rings is 1. The third-order valence-electron chi connectivity index (χ3n) is 6.44. The summed E-state index contributed by atoms with van der Waals surface area (Å²) >= 11 is 0. The number of carbonyl (C=O) groups is 2. The van der Waals surface area contributed by atoms with E-state index in [1.807, 2.05) is 11.9 Å². The number of nitrogens with zero attached hydrogens (tertiary/aromatic N) is 3. The van der Waals surface area contributed by atoms with Crippen molar-refractivity contribution in [1.82, 2.24) is 14.1 Å². The number of anilines is 1. The van der Waals surface area contributed by atoms with Gasteiger partial charge in [-0.2, -0.15) is 4.31 Å². The Morgan fingerprint density at radius 1 is 1.10 bits per heavy atom. The summed E-state index contributed by atoms with van der Waals surface area (Å²) in [7, 11) is -1.68. The van der Waals surface area contributed by atoms with E-state index in [2.05, 4.69) is 10.2 Å². The molecule has 1 aromatic carbocycles. The van der Waals surface area contributed by atoms with Gasteiger partial charge in [0.2, 0.25) is 15.9 Å². The number of carbonyl (C=O) groups excluding carboxylic acids is 2. The summed E-state index contributed by atoms with van der Waals surface area (Å²) in [5, 5.41) is 2.74. The van der Waals surface area contributed by atoms with Gasteiger partial charge in [0.05, 0.1) is 10.6 Å². The molecule has 0 aromatic heterocycles. The summed E-state index contributed by atoms with van der Waals surface area (Å²) in [6.07, 6.45) is 0.373. The Morgan fingerprint density at radius 3 is 2.39 bits per heavy atom. The molecule has 4 rings (SSSR count). The topological polar surface area (TPSA) is 99.3 Å². The van der Waals surface area contributed by atoms with Crippen LogP contribution in [0.25, 0.3) is 0 Å². The minimum atomic E-state index is -3.73. The zero-order chi connectivity index (χ0) is 22.3. The van der Waals surface area contributed by atoms with Gasteiger partial charge < -0.3 is 19.9 Å². The highest BCUT2D eigenvalue weighted by Gasteiger charge is 2.36. The van der Waals surface area contributed by atoms with Crippen LogP contribution in [-0.2, 0) is 19.6 Å². The Bertz CT molecular complexity index is 980. The van der Waals surface area contributed by atoms with Crippen LogP contribution in [0, 0.1) is 12.8 Å². The Balaban J connectivity index is 1.45. The third-order valence-corrected chi connectivity index (χ3v) is 8.48. The molecule has 1 N–H and O–H groups in total. The van der Waals surface area contributed by atoms with Crippen molar-refractivity contribution in [1.29, 1.82) is 0 Å². The van der Waals surface area contributed by atoms with Gasteiger partial charge in [0.1, 0.15) is 5.75 Å². The van der Waals surface area contributed by atoms with E-state index in [4.69, 9.17) is 4.74 Å². The van der Waals surface area contributed by atoms with E-state index in [1.54, 1.807) is 19.9 Å². The Hall–Kier alpha value is -2.17. The summed E-state index contributed by atoms with van der Waals surface area (Å²) in [4.78, 5) is 29.0. The number of piperidine rings is 1. The quantitative estimate of drug-likeness (QED) is 0.734. The van der Waals surface area contributed by atoms with Crippen LogP contribution in [-0.4, -0.2) is 86.8 Å². The third kappa shape index (κ3) is 4.28. The zero-order valence-corrected chi connectivity index (χ0v) is 19.1. The highest BCUT2D eigenvalue weighted by molar-refractivity contribution is 7.89. The number of ether oxygens (including phenoxy) is 1. The molecule has 2 amide bonds. The van der Waals surface area contributed by atoms with Crippen molar-refractivity contribution in [2.45, 2.75) is 37.7 Å². The second kappa shape index (κ2) is 8.40. The molecule has 3 aliphatic rings. The number of fused-ring (bicyclic) bond motifs is 1. The maximum absolute atomic E-state index is 13.3. The molecule has 9 nitrogen and oxygen atoms in total. The van der Waals surface area contributed by atoms with Gasteiger partial charge in [0, 0.05) is 51.3 Å². The standard InChI is InChI=1S/C21H30N4O5S/c1-14-12-17-18(30-15(2)20(26)22-17)13-19(14)31(28,29)25-6-4-16(5-7-25)21(27)24-10-8-23(3)9-11-24/h12-13,15-16H,4-11H2,1-3H3,(H,22,26). The monoisotopic (exact) mass is 450 g/mol. The molecule has 3 heterocycles. The zero-order valence-electron chi connectivity index (χ0n) is 18.3. The molecular formula is C21H30N4O5S. The van der Waals surface area contributed by atoms with Crippen LogP contribution in [0.1, 0.15) is 25.3 Å². The van der Waals surface area contributed by atoms with Crippen molar-refractivity contribution in [3.05, 3.63) is 17.7 Å². The molecule has 0 bridgehead atoms. The summed E-state index contributed by atoms with van der Waals surface area (Å²) in [5.74, 6) is 0.123. The molecule has 10 heteroatoms. The van der Waals surface area contributed by atoms with Crippen molar-refractivity contribution < 1.29 is 22.7 Å². The first-order valence-electron chi connectivity index (χ1n) is 10.8. The lowest BCUT2D eigenvalue weighted by molar-refractivity contribution is -0.138. The van der Waals surface area contributed by atoms with Crippen LogP contribution in [0.2, 0.25) is 0 Å². The average molecular weight is 451 g/mol. The first-order chi connectivity index (χ1) is 14.7. The fourth-order valence-corrected chi connectivity index (χ4v) is 6.08. The van der Waals surface area contributed by atoms with E-state index in [0.29, 0.717) is 42.9 Å². The first kappa shape index (κ1) is 22.0. The molecule has 1 atom stereocenters. The maximum atomic E-state index is 13.3. The molecule has 1 unspecified atom stereocenters. The van der Waals surface area contributed by atoms with E-state index < -0.39 is 16.1 Å². The van der Waals surface area contributed by atoms with Gasteiger partial charge in [0.15, 0.2) is 6.10 Å². The fraction of sp³-hybridized carbons (Fsp3) is 0.619. The SMILES string of the molecule is Cc1cc2c(cc1S(=O)(=O)N1CCC(C(=O)N3CCN(C)CC3)CC1)OC(C)C(=O)N2. The van der Waals surface area contributed by atoms with Crippen LogP contribution in [0.4, 0.5) is 5.69 Å². The molecule has 0 spiro atoms. The molecule has 3 aliphatic heterocycles. The number of sulfonamides is 1. The molecule has 1 aromatic rings. The van der Waals surface area contributed by atoms with Crippen LogP contribution in [0.15, 0.2) is 17.0 Å². The minimum absolute atomic E-state index is 0.126. The number of benzene rings is 1. The smallest absolute Gasteiger partial charge is 0.265 e. The Morgan fingerprint density at radius 2 is 1.74 bits per heavy atom. The van der Waals surface area contributed by atoms with Crippen LogP contribution >= 0.6 is 0 Å². The van der Waals surface area contributed by atoms with Gasteiger partial charge in [-0.15, -0.1) is 0 Å². The van der Waals surface area contributed by atoms with Crippen LogP contribution in [0.3, 0.4) is 0 Å². The molecule has 0 aliphatic carbocycles. The highest BCUT2D eigenvalue weighted by Crippen LogP contribution is 2.36. The summed E-state index contributed by atoms with van der Waals surface area (Å²) < 4.78 is 33.7. The number of hydrogen-bond acceptors (Lipinski definition) is 6. The number of rotatable bonds is 3. The van der Waals surface area contributed by atoms with Gasteiger partial charge in [-0.25, -0.2) is 8.42 Å². The van der Waals surface area contributed by atoms with E-state index in [9.17, 15) is 18.0 Å². The Labute approximate surface area is 183 Å². The molecule has 170 valence electrons.